The van der Waals surface area contributed by atoms with Crippen LogP contribution in [-0.2, 0) is 11.2 Å². The fourth-order valence-corrected chi connectivity index (χ4v) is 3.51. The number of rotatable bonds is 6. The third-order valence-electron chi connectivity index (χ3n) is 5.02. The number of nitrogens with zero attached hydrogens (tertiary/aromatic N) is 1. The Labute approximate surface area is 159 Å². The minimum Gasteiger partial charge on any atom is -0.493 e. The molecule has 5 heteroatoms. The molecule has 5 nitrogen and oxygen atoms in total. The van der Waals surface area contributed by atoms with E-state index in [0.29, 0.717) is 30.0 Å². The van der Waals surface area contributed by atoms with E-state index in [2.05, 4.69) is 0 Å². The van der Waals surface area contributed by atoms with Crippen LogP contribution < -0.4 is 9.47 Å². The predicted octanol–water partition coefficient (Wildman–Crippen LogP) is 3.43. The maximum atomic E-state index is 12.9. The first-order valence-electron chi connectivity index (χ1n) is 9.14. The van der Waals surface area contributed by atoms with E-state index < -0.39 is 0 Å². The normalized spacial score (nSPS) is 16.3. The van der Waals surface area contributed by atoms with Crippen molar-refractivity contribution in [2.45, 2.75) is 32.2 Å². The number of carbonyl (C=O) groups is 2. The largest absolute Gasteiger partial charge is 0.493 e. The number of methoxy groups -OCH3 is 2. The number of carbonyl (C=O) groups excluding carboxylic acids is 2. The number of Topliss-reactive ketones (excluding diaryl/α,β-unsaturated/α-hetero) is 1. The molecular weight excluding hydrogens is 342 g/mol. The molecule has 3 rings (SSSR count). The van der Waals surface area contributed by atoms with Gasteiger partial charge in [-0.3, -0.25) is 9.59 Å². The first kappa shape index (κ1) is 19.0. The van der Waals surface area contributed by atoms with E-state index in [1.807, 2.05) is 43.3 Å². The molecule has 0 aromatic heterocycles. The van der Waals surface area contributed by atoms with E-state index in [4.69, 9.17) is 9.47 Å². The lowest BCUT2D eigenvalue weighted by Gasteiger charge is -2.24. The lowest BCUT2D eigenvalue weighted by Crippen LogP contribution is -2.41. The highest BCUT2D eigenvalue weighted by atomic mass is 16.5. The van der Waals surface area contributed by atoms with Crippen LogP contribution in [0.2, 0.25) is 0 Å². The van der Waals surface area contributed by atoms with Crippen molar-refractivity contribution < 1.29 is 19.1 Å². The second-order valence-electron chi connectivity index (χ2n) is 6.84. The summed E-state index contributed by atoms with van der Waals surface area (Å²) in [5, 5.41) is 0. The van der Waals surface area contributed by atoms with E-state index in [-0.39, 0.29) is 24.2 Å². The molecule has 1 fully saturated rings. The molecule has 1 amide bonds. The van der Waals surface area contributed by atoms with Gasteiger partial charge in [-0.25, -0.2) is 0 Å². The second-order valence-corrected chi connectivity index (χ2v) is 6.84. The molecule has 1 saturated heterocycles. The van der Waals surface area contributed by atoms with Gasteiger partial charge in [-0.15, -0.1) is 0 Å². The van der Waals surface area contributed by atoms with Crippen LogP contribution in [0.15, 0.2) is 42.5 Å². The Hall–Kier alpha value is -2.82. The highest BCUT2D eigenvalue weighted by Gasteiger charge is 2.34. The number of hydrogen-bond acceptors (Lipinski definition) is 4. The van der Waals surface area contributed by atoms with Crippen molar-refractivity contribution in [2.24, 2.45) is 0 Å². The van der Waals surface area contributed by atoms with Gasteiger partial charge < -0.3 is 14.4 Å². The van der Waals surface area contributed by atoms with Crippen LogP contribution in [0.4, 0.5) is 0 Å². The first-order valence-corrected chi connectivity index (χ1v) is 9.14. The topological polar surface area (TPSA) is 55.8 Å². The summed E-state index contributed by atoms with van der Waals surface area (Å²) in [5.74, 6) is 1.21. The monoisotopic (exact) mass is 367 g/mol. The third-order valence-corrected chi connectivity index (χ3v) is 5.02. The van der Waals surface area contributed by atoms with Gasteiger partial charge in [0.25, 0.3) is 0 Å². The van der Waals surface area contributed by atoms with Crippen LogP contribution in [0.1, 0.15) is 34.3 Å². The van der Waals surface area contributed by atoms with E-state index in [0.717, 1.165) is 17.5 Å². The Bertz CT molecular complexity index is 829. The number of benzene rings is 2. The number of aryl methyl sites for hydroxylation is 1. The zero-order valence-electron chi connectivity index (χ0n) is 16.0. The van der Waals surface area contributed by atoms with Gasteiger partial charge in [0.15, 0.2) is 17.3 Å². The number of ketones is 1. The van der Waals surface area contributed by atoms with E-state index in [1.165, 1.54) is 0 Å². The lowest BCUT2D eigenvalue weighted by atomic mass is 10.0. The van der Waals surface area contributed by atoms with Crippen LogP contribution in [0.25, 0.3) is 0 Å². The van der Waals surface area contributed by atoms with Crippen molar-refractivity contribution in [3.63, 3.8) is 0 Å². The fraction of sp³-hybridized carbons (Fsp3) is 0.364. The first-order chi connectivity index (χ1) is 13.0. The Morgan fingerprint density at radius 3 is 2.41 bits per heavy atom. The van der Waals surface area contributed by atoms with E-state index >= 15 is 0 Å². The van der Waals surface area contributed by atoms with E-state index in [1.54, 1.807) is 25.2 Å². The molecule has 1 unspecified atom stereocenters. The Balaban J connectivity index is 1.73. The summed E-state index contributed by atoms with van der Waals surface area (Å²) >= 11 is 0. The standard InChI is InChI=1S/C22H25NO4/c1-15-6-9-17(10-7-15)22(25)18-5-4-12-23(18)21(24)14-16-8-11-19(26-2)20(13-16)27-3/h6-11,13,18H,4-5,12,14H2,1-3H3. The van der Waals surface area contributed by atoms with Crippen molar-refractivity contribution in [1.29, 1.82) is 0 Å². The minimum atomic E-state index is -0.375. The molecule has 1 heterocycles. The van der Waals surface area contributed by atoms with Crippen molar-refractivity contribution in [3.8, 4) is 11.5 Å². The molecule has 142 valence electrons. The van der Waals surface area contributed by atoms with Crippen LogP contribution in [-0.4, -0.2) is 43.4 Å². The second kappa shape index (κ2) is 8.25. The minimum absolute atomic E-state index is 0.0214. The van der Waals surface area contributed by atoms with Gasteiger partial charge in [0.2, 0.25) is 5.91 Å². The maximum Gasteiger partial charge on any atom is 0.227 e. The van der Waals surface area contributed by atoms with Crippen molar-refractivity contribution in [3.05, 3.63) is 59.2 Å². The molecule has 0 bridgehead atoms. The molecule has 0 aliphatic carbocycles. The zero-order chi connectivity index (χ0) is 19.4. The maximum absolute atomic E-state index is 12.9. The molecule has 0 N–H and O–H groups in total. The molecule has 1 atom stereocenters. The smallest absolute Gasteiger partial charge is 0.227 e. The molecule has 27 heavy (non-hydrogen) atoms. The van der Waals surface area contributed by atoms with Gasteiger partial charge in [0, 0.05) is 12.1 Å². The Kier molecular flexibility index (Phi) is 5.79. The summed E-state index contributed by atoms with van der Waals surface area (Å²) in [7, 11) is 3.15. The van der Waals surface area contributed by atoms with Gasteiger partial charge in [-0.2, -0.15) is 0 Å². The van der Waals surface area contributed by atoms with Crippen molar-refractivity contribution in [1.82, 2.24) is 4.90 Å². The number of amides is 1. The number of likely N-dealkylation sites (tertiary alicyclic amines) is 1. The van der Waals surface area contributed by atoms with Crippen LogP contribution in [0.5, 0.6) is 11.5 Å². The third kappa shape index (κ3) is 4.13. The summed E-state index contributed by atoms with van der Waals surface area (Å²) in [5.41, 5.74) is 2.61. The Morgan fingerprint density at radius 1 is 1.04 bits per heavy atom. The van der Waals surface area contributed by atoms with E-state index in [9.17, 15) is 9.59 Å². The average molecular weight is 367 g/mol. The van der Waals surface area contributed by atoms with Crippen LogP contribution >= 0.6 is 0 Å². The molecule has 0 radical (unpaired) electrons. The SMILES string of the molecule is COc1ccc(CC(=O)N2CCCC2C(=O)c2ccc(C)cc2)cc1OC. The summed E-state index contributed by atoms with van der Waals surface area (Å²) in [6, 6.07) is 12.6. The van der Waals surface area contributed by atoms with Gasteiger partial charge in [-0.1, -0.05) is 35.9 Å². The van der Waals surface area contributed by atoms with Gasteiger partial charge in [0.05, 0.1) is 26.7 Å². The van der Waals surface area contributed by atoms with Crippen LogP contribution in [0, 0.1) is 6.92 Å². The highest BCUT2D eigenvalue weighted by Crippen LogP contribution is 2.29. The summed E-state index contributed by atoms with van der Waals surface area (Å²) in [6.07, 6.45) is 1.79. The molecule has 1 aliphatic heterocycles. The quantitative estimate of drug-likeness (QED) is 0.734. The van der Waals surface area contributed by atoms with Crippen LogP contribution in [0.3, 0.4) is 0 Å². The summed E-state index contributed by atoms with van der Waals surface area (Å²) in [4.78, 5) is 27.5. The number of ether oxygens (including phenoxy) is 2. The van der Waals surface area contributed by atoms with Crippen molar-refractivity contribution >= 4 is 11.7 Å². The fourth-order valence-electron chi connectivity index (χ4n) is 3.51. The average Bonchev–Trinajstić information content (AvgIpc) is 3.18. The van der Waals surface area contributed by atoms with Crippen molar-refractivity contribution in [2.75, 3.05) is 20.8 Å². The molecular formula is C22H25NO4. The zero-order valence-corrected chi connectivity index (χ0v) is 16.0. The highest BCUT2D eigenvalue weighted by molar-refractivity contribution is 6.02. The molecule has 0 spiro atoms. The molecule has 2 aromatic carbocycles. The molecule has 0 saturated carbocycles. The lowest BCUT2D eigenvalue weighted by molar-refractivity contribution is -0.130. The molecule has 2 aromatic rings. The molecule has 1 aliphatic rings. The van der Waals surface area contributed by atoms with Gasteiger partial charge in [0.1, 0.15) is 0 Å². The summed E-state index contributed by atoms with van der Waals surface area (Å²) < 4.78 is 10.5. The summed E-state index contributed by atoms with van der Waals surface area (Å²) in [6.45, 7) is 2.61. The number of hydrogen-bond donors (Lipinski definition) is 0. The Morgan fingerprint density at radius 2 is 1.74 bits per heavy atom. The predicted molar refractivity (Wildman–Crippen MR) is 103 cm³/mol. The van der Waals surface area contributed by atoms with Gasteiger partial charge in [-0.05, 0) is 37.5 Å². The van der Waals surface area contributed by atoms with Gasteiger partial charge >= 0.3 is 0 Å².